The van der Waals surface area contributed by atoms with E-state index in [1.807, 2.05) is 44.2 Å². The van der Waals surface area contributed by atoms with Crippen LogP contribution < -0.4 is 16.0 Å². The van der Waals surface area contributed by atoms with Crippen LogP contribution in [0.3, 0.4) is 0 Å². The highest BCUT2D eigenvalue weighted by atomic mass is 35.5. The number of halogens is 2. The number of carbonyl (C=O) groups excluding carboxylic acids is 2. The summed E-state index contributed by atoms with van der Waals surface area (Å²) < 4.78 is 0. The Morgan fingerprint density at radius 1 is 0.676 bits per heavy atom. The largest absolute Gasteiger partial charge is 0.362 e. The number of para-hydroxylation sites is 2. The average molecular weight is 492 g/mol. The number of rotatable bonds is 5. The highest BCUT2D eigenvalue weighted by Gasteiger charge is 2.36. The normalized spacial score (nSPS) is 14.0. The van der Waals surface area contributed by atoms with Crippen LogP contribution in [-0.4, -0.2) is 11.8 Å². The Balaban J connectivity index is 1.76. The van der Waals surface area contributed by atoms with Crippen LogP contribution in [0.15, 0.2) is 101 Å². The van der Waals surface area contributed by atoms with E-state index in [4.69, 9.17) is 23.2 Å². The fraction of sp³-hybridized carbons (Fsp3) is 0.111. The van der Waals surface area contributed by atoms with Crippen LogP contribution in [0.2, 0.25) is 10.0 Å². The zero-order valence-electron chi connectivity index (χ0n) is 18.7. The lowest BCUT2D eigenvalue weighted by atomic mass is 9.79. The van der Waals surface area contributed by atoms with Crippen molar-refractivity contribution in [1.82, 2.24) is 5.32 Å². The molecule has 4 rings (SSSR count). The molecule has 0 radical (unpaired) electrons. The van der Waals surface area contributed by atoms with Gasteiger partial charge in [-0.2, -0.15) is 0 Å². The lowest BCUT2D eigenvalue weighted by molar-refractivity contribution is -0.113. The second-order valence-electron chi connectivity index (χ2n) is 7.91. The standard InChI is InChI=1S/C27H23Cl2N3O2/c1-16-23(26(33)31-21-14-8-6-12-19(21)28)25(18-10-4-3-5-11-18)24(17(2)30-16)27(34)32-22-15-9-7-13-20(22)29/h3-15,25,30H,1-2H3,(H,31,33)(H,32,34). The van der Waals surface area contributed by atoms with Crippen molar-refractivity contribution in [3.63, 3.8) is 0 Å². The third kappa shape index (κ3) is 4.86. The molecule has 0 aromatic heterocycles. The minimum atomic E-state index is -0.604. The summed E-state index contributed by atoms with van der Waals surface area (Å²) in [5.41, 5.74) is 3.98. The third-order valence-corrected chi connectivity index (χ3v) is 6.29. The molecule has 0 bridgehead atoms. The second kappa shape index (κ2) is 10.2. The summed E-state index contributed by atoms with van der Waals surface area (Å²) in [4.78, 5) is 27.1. The van der Waals surface area contributed by atoms with E-state index in [-0.39, 0.29) is 11.8 Å². The van der Waals surface area contributed by atoms with E-state index >= 15 is 0 Å². The number of anilines is 2. The number of benzene rings is 3. The van der Waals surface area contributed by atoms with Crippen LogP contribution in [0.5, 0.6) is 0 Å². The van der Waals surface area contributed by atoms with Crippen LogP contribution in [0.25, 0.3) is 0 Å². The Bertz CT molecular complexity index is 1230. The van der Waals surface area contributed by atoms with E-state index in [9.17, 15) is 9.59 Å². The first-order valence-corrected chi connectivity index (χ1v) is 11.5. The summed E-state index contributed by atoms with van der Waals surface area (Å²) in [6.45, 7) is 3.65. The van der Waals surface area contributed by atoms with Gasteiger partial charge in [0.15, 0.2) is 0 Å². The van der Waals surface area contributed by atoms with E-state index in [0.717, 1.165) is 5.56 Å². The summed E-state index contributed by atoms with van der Waals surface area (Å²) in [6, 6.07) is 23.5. The molecule has 1 aliphatic rings. The zero-order valence-corrected chi connectivity index (χ0v) is 20.2. The van der Waals surface area contributed by atoms with Gasteiger partial charge in [-0.25, -0.2) is 0 Å². The Labute approximate surface area is 208 Å². The summed E-state index contributed by atoms with van der Waals surface area (Å²) in [7, 11) is 0. The van der Waals surface area contributed by atoms with Crippen molar-refractivity contribution < 1.29 is 9.59 Å². The van der Waals surface area contributed by atoms with Crippen molar-refractivity contribution in [1.29, 1.82) is 0 Å². The van der Waals surface area contributed by atoms with Gasteiger partial charge in [-0.05, 0) is 43.7 Å². The molecule has 1 aliphatic heterocycles. The van der Waals surface area contributed by atoms with Crippen molar-refractivity contribution in [3.8, 4) is 0 Å². The lowest BCUT2D eigenvalue weighted by Crippen LogP contribution is -2.35. The highest BCUT2D eigenvalue weighted by Crippen LogP contribution is 2.39. The molecule has 3 N–H and O–H groups in total. The monoisotopic (exact) mass is 491 g/mol. The summed E-state index contributed by atoms with van der Waals surface area (Å²) >= 11 is 12.5. The molecule has 0 aliphatic carbocycles. The Kier molecular flexibility index (Phi) is 7.06. The summed E-state index contributed by atoms with van der Waals surface area (Å²) in [5.74, 6) is -1.29. The van der Waals surface area contributed by atoms with Crippen LogP contribution in [-0.2, 0) is 9.59 Å². The number of dihydropyridines is 1. The molecular weight excluding hydrogens is 469 g/mol. The smallest absolute Gasteiger partial charge is 0.254 e. The van der Waals surface area contributed by atoms with Gasteiger partial charge in [0, 0.05) is 28.5 Å². The van der Waals surface area contributed by atoms with Crippen LogP contribution in [0.4, 0.5) is 11.4 Å². The zero-order chi connectivity index (χ0) is 24.2. The lowest BCUT2D eigenvalue weighted by Gasteiger charge is -2.31. The first-order chi connectivity index (χ1) is 16.4. The van der Waals surface area contributed by atoms with E-state index in [1.165, 1.54) is 0 Å². The first kappa shape index (κ1) is 23.6. The SMILES string of the molecule is CC1=C(C(=O)Nc2ccccc2Cl)C(c2ccccc2)C(C(=O)Nc2ccccc2Cl)=C(C)N1. The Hall–Kier alpha value is -3.54. The number of allylic oxidation sites excluding steroid dienone is 2. The first-order valence-electron chi connectivity index (χ1n) is 10.7. The summed E-state index contributed by atoms with van der Waals surface area (Å²) in [6.07, 6.45) is 0. The maximum Gasteiger partial charge on any atom is 0.254 e. The molecular formula is C27H23Cl2N3O2. The van der Waals surface area contributed by atoms with Crippen molar-refractivity contribution in [2.24, 2.45) is 0 Å². The van der Waals surface area contributed by atoms with E-state index in [1.54, 1.807) is 48.5 Å². The van der Waals surface area contributed by atoms with Gasteiger partial charge < -0.3 is 16.0 Å². The van der Waals surface area contributed by atoms with Crippen LogP contribution in [0.1, 0.15) is 25.3 Å². The molecule has 0 saturated heterocycles. The van der Waals surface area contributed by atoms with Gasteiger partial charge in [0.1, 0.15) is 0 Å². The quantitative estimate of drug-likeness (QED) is 0.381. The minimum absolute atomic E-state index is 0.345. The predicted octanol–water partition coefficient (Wildman–Crippen LogP) is 6.51. The molecule has 0 atom stereocenters. The molecule has 2 amide bonds. The van der Waals surface area contributed by atoms with Gasteiger partial charge in [0.2, 0.25) is 0 Å². The number of hydrogen-bond donors (Lipinski definition) is 3. The van der Waals surface area contributed by atoms with Gasteiger partial charge in [-0.1, -0.05) is 77.8 Å². The molecule has 0 saturated carbocycles. The Morgan fingerprint density at radius 2 is 1.09 bits per heavy atom. The average Bonchev–Trinajstić information content (AvgIpc) is 2.82. The fourth-order valence-corrected chi connectivity index (χ4v) is 4.45. The van der Waals surface area contributed by atoms with Crippen molar-refractivity contribution >= 4 is 46.4 Å². The van der Waals surface area contributed by atoms with Gasteiger partial charge in [-0.15, -0.1) is 0 Å². The number of amides is 2. The van der Waals surface area contributed by atoms with Crippen molar-refractivity contribution in [2.45, 2.75) is 19.8 Å². The van der Waals surface area contributed by atoms with Gasteiger partial charge in [0.25, 0.3) is 11.8 Å². The van der Waals surface area contributed by atoms with Crippen molar-refractivity contribution in [3.05, 3.63) is 117 Å². The van der Waals surface area contributed by atoms with Gasteiger partial charge in [0.05, 0.1) is 21.4 Å². The number of carbonyl (C=O) groups is 2. The molecule has 172 valence electrons. The molecule has 5 nitrogen and oxygen atoms in total. The van der Waals surface area contributed by atoms with Gasteiger partial charge >= 0.3 is 0 Å². The maximum absolute atomic E-state index is 13.6. The number of nitrogens with one attached hydrogen (secondary N) is 3. The molecule has 1 heterocycles. The highest BCUT2D eigenvalue weighted by molar-refractivity contribution is 6.34. The molecule has 0 fully saturated rings. The summed E-state index contributed by atoms with van der Waals surface area (Å²) in [5, 5.41) is 9.87. The van der Waals surface area contributed by atoms with Crippen molar-refractivity contribution in [2.75, 3.05) is 10.6 Å². The molecule has 34 heavy (non-hydrogen) atoms. The Morgan fingerprint density at radius 3 is 1.53 bits per heavy atom. The molecule has 3 aromatic carbocycles. The second-order valence-corrected chi connectivity index (χ2v) is 8.73. The van der Waals surface area contributed by atoms with E-state index < -0.39 is 5.92 Å². The molecule has 0 spiro atoms. The molecule has 7 heteroatoms. The van der Waals surface area contributed by atoms with E-state index in [0.29, 0.717) is 44.0 Å². The predicted molar refractivity (Wildman–Crippen MR) is 138 cm³/mol. The fourth-order valence-electron chi connectivity index (χ4n) is 4.08. The molecule has 3 aromatic rings. The number of hydrogen-bond acceptors (Lipinski definition) is 3. The third-order valence-electron chi connectivity index (χ3n) is 5.63. The minimum Gasteiger partial charge on any atom is -0.362 e. The van der Waals surface area contributed by atoms with Crippen LogP contribution >= 0.6 is 23.2 Å². The van der Waals surface area contributed by atoms with Gasteiger partial charge in [-0.3, -0.25) is 9.59 Å². The van der Waals surface area contributed by atoms with E-state index in [2.05, 4.69) is 16.0 Å². The topological polar surface area (TPSA) is 70.2 Å². The molecule has 0 unspecified atom stereocenters. The van der Waals surface area contributed by atoms with Crippen LogP contribution in [0, 0.1) is 0 Å². The maximum atomic E-state index is 13.6.